The molecule has 0 aromatic rings. The van der Waals surface area contributed by atoms with E-state index in [0.29, 0.717) is 11.8 Å². The summed E-state index contributed by atoms with van der Waals surface area (Å²) in [5.41, 5.74) is 3.16. The van der Waals surface area contributed by atoms with Gasteiger partial charge in [0.15, 0.2) is 0 Å². The van der Waals surface area contributed by atoms with Crippen molar-refractivity contribution in [3.05, 3.63) is 0 Å². The van der Waals surface area contributed by atoms with Gasteiger partial charge < -0.3 is 25.3 Å². The van der Waals surface area contributed by atoms with E-state index in [0.717, 1.165) is 0 Å². The van der Waals surface area contributed by atoms with Crippen LogP contribution in [0.25, 0.3) is 0 Å². The molecule has 0 aliphatic rings. The molecule has 0 rings (SSSR count). The zero-order valence-corrected chi connectivity index (χ0v) is 9.62. The lowest BCUT2D eigenvalue weighted by Crippen LogP contribution is -2.69. The summed E-state index contributed by atoms with van der Waals surface area (Å²) >= 11 is 0.531. The van der Waals surface area contributed by atoms with Crippen LogP contribution in [0.1, 0.15) is 0 Å². The van der Waals surface area contributed by atoms with Gasteiger partial charge in [0.05, 0.1) is 27.6 Å². The molecule has 0 aromatic heterocycles. The van der Waals surface area contributed by atoms with Gasteiger partial charge in [-0.3, -0.25) is 4.79 Å². The quantitative estimate of drug-likeness (QED) is 0.444. The molecule has 0 aromatic carbocycles. The minimum atomic E-state index is -4.67. The Morgan fingerprint density at radius 3 is 2.25 bits per heavy atom. The van der Waals surface area contributed by atoms with Crippen molar-refractivity contribution >= 4 is 33.8 Å². The molecule has 0 saturated heterocycles. The molecule has 0 bridgehead atoms. The Morgan fingerprint density at radius 1 is 1.44 bits per heavy atom. The number of carbonyl (C=O) groups excluding carboxylic acids is 1. The number of carboxylic acid groups (broad SMARTS) is 2. The van der Waals surface area contributed by atoms with Crippen LogP contribution in [0.5, 0.6) is 0 Å². The molecule has 0 heterocycles. The number of hydrogen-bond acceptors (Lipinski definition) is 7. The number of hydrogen-bond donors (Lipinski definition) is 2. The lowest BCUT2D eigenvalue weighted by molar-refractivity contribution is -0.431. The van der Waals surface area contributed by atoms with Crippen molar-refractivity contribution in [3.63, 3.8) is 0 Å². The highest BCUT2D eigenvalue weighted by Crippen LogP contribution is 2.13. The second kappa shape index (κ2) is 6.03. The second-order valence-electron chi connectivity index (χ2n) is 2.90. The predicted molar refractivity (Wildman–Crippen MR) is 50.1 cm³/mol. The van der Waals surface area contributed by atoms with Crippen molar-refractivity contribution in [2.45, 2.75) is 11.3 Å². The fraction of sp³-hybridized carbons (Fsp3) is 0.667. The lowest BCUT2D eigenvalue weighted by atomic mass is 10.4. The molecule has 0 amide bonds. The predicted octanol–water partition coefficient (Wildman–Crippen LogP) is -3.92. The van der Waals surface area contributed by atoms with Crippen molar-refractivity contribution in [1.29, 1.82) is 0 Å². The first-order valence-electron chi connectivity index (χ1n) is 3.95. The van der Waals surface area contributed by atoms with Gasteiger partial charge in [-0.1, -0.05) is 0 Å². The van der Waals surface area contributed by atoms with Gasteiger partial charge >= 0.3 is 5.97 Å². The molecule has 2 atom stereocenters. The van der Waals surface area contributed by atoms with Gasteiger partial charge in [-0.2, -0.15) is 0 Å². The fourth-order valence-electron chi connectivity index (χ4n) is 0.676. The third kappa shape index (κ3) is 6.61. The first-order valence-corrected chi connectivity index (χ1v) is 6.58. The summed E-state index contributed by atoms with van der Waals surface area (Å²) in [4.78, 5) is 20.8. The Bertz CT molecular complexity index is 365. The first-order chi connectivity index (χ1) is 7.13. The highest BCUT2D eigenvalue weighted by Gasteiger charge is 2.23. The molecule has 10 heteroatoms. The maximum absolute atomic E-state index is 10.6. The molecule has 0 aliphatic heterocycles. The molecule has 0 fully saturated rings. The van der Waals surface area contributed by atoms with E-state index in [4.69, 9.17) is 5.11 Å². The van der Waals surface area contributed by atoms with Crippen molar-refractivity contribution in [3.8, 4) is 0 Å². The highest BCUT2D eigenvalue weighted by molar-refractivity contribution is 8.01. The van der Waals surface area contributed by atoms with Crippen molar-refractivity contribution in [2.24, 2.45) is 0 Å². The van der Waals surface area contributed by atoms with Crippen molar-refractivity contribution in [2.75, 3.05) is 11.5 Å². The van der Waals surface area contributed by atoms with Gasteiger partial charge in [-0.05, 0) is 0 Å². The molecule has 4 N–H and O–H groups in total. The smallest absolute Gasteiger partial charge is 0.317 e. The van der Waals surface area contributed by atoms with Crippen LogP contribution in [0.4, 0.5) is 0 Å². The minimum absolute atomic E-state index is 0.241. The van der Waals surface area contributed by atoms with E-state index in [-0.39, 0.29) is 5.75 Å². The summed E-state index contributed by atoms with van der Waals surface area (Å²) in [7, 11) is -4.67. The monoisotopic (exact) mass is 272 g/mol. The highest BCUT2D eigenvalue weighted by atomic mass is 32.2. The van der Waals surface area contributed by atoms with Gasteiger partial charge in [0.1, 0.15) is 11.3 Å². The molecule has 0 spiro atoms. The second-order valence-corrected chi connectivity index (χ2v) is 5.58. The molecule has 0 radical (unpaired) electrons. The van der Waals surface area contributed by atoms with Crippen LogP contribution in [0.3, 0.4) is 0 Å². The van der Waals surface area contributed by atoms with E-state index in [1.165, 1.54) is 0 Å². The Kier molecular flexibility index (Phi) is 5.72. The third-order valence-electron chi connectivity index (χ3n) is 1.46. The molecular weight excluding hydrogens is 262 g/mol. The molecule has 0 aliphatic carbocycles. The Morgan fingerprint density at radius 2 is 1.94 bits per heavy atom. The van der Waals surface area contributed by atoms with Crippen LogP contribution < -0.4 is 10.8 Å². The van der Waals surface area contributed by atoms with E-state index in [2.05, 4.69) is 5.73 Å². The molecule has 16 heavy (non-hydrogen) atoms. The van der Waals surface area contributed by atoms with E-state index < -0.39 is 39.1 Å². The molecule has 8 nitrogen and oxygen atoms in total. The SMILES string of the molecule is [NH3+][C@@H](CSC(CS(=O)(=O)[O-])C(=O)O)C(=O)[O-]. The van der Waals surface area contributed by atoms with Gasteiger partial charge in [0, 0.05) is 0 Å². The summed E-state index contributed by atoms with van der Waals surface area (Å²) in [6, 6.07) is -1.17. The molecule has 0 saturated carbocycles. The Balaban J connectivity index is 4.37. The molecule has 94 valence electrons. The van der Waals surface area contributed by atoms with Crippen molar-refractivity contribution < 1.29 is 38.5 Å². The zero-order valence-electron chi connectivity index (χ0n) is 7.99. The Labute approximate surface area is 95.6 Å². The maximum atomic E-state index is 10.6. The van der Waals surface area contributed by atoms with Crippen LogP contribution in [0.2, 0.25) is 0 Å². The normalized spacial score (nSPS) is 15.4. The number of carbonyl (C=O) groups is 2. The number of thioether (sulfide) groups is 1. The van der Waals surface area contributed by atoms with Gasteiger partial charge in [0.2, 0.25) is 0 Å². The topological polar surface area (TPSA) is 162 Å². The largest absolute Gasteiger partial charge is 0.748 e. The third-order valence-corrected chi connectivity index (χ3v) is 3.78. The number of carboxylic acids is 2. The van der Waals surface area contributed by atoms with Crippen LogP contribution in [-0.4, -0.2) is 52.8 Å². The van der Waals surface area contributed by atoms with Crippen LogP contribution in [0.15, 0.2) is 0 Å². The lowest BCUT2D eigenvalue weighted by Gasteiger charge is -2.16. The van der Waals surface area contributed by atoms with Crippen LogP contribution >= 0.6 is 11.8 Å². The number of aliphatic carboxylic acids is 2. The fourth-order valence-corrected chi connectivity index (χ4v) is 2.82. The van der Waals surface area contributed by atoms with Gasteiger partial charge in [0.25, 0.3) is 0 Å². The van der Waals surface area contributed by atoms with Crippen molar-refractivity contribution in [1.82, 2.24) is 0 Å². The zero-order chi connectivity index (χ0) is 12.9. The van der Waals surface area contributed by atoms with Gasteiger partial charge in [-0.25, -0.2) is 8.42 Å². The number of quaternary nitrogens is 1. The number of rotatable bonds is 7. The van der Waals surface area contributed by atoms with E-state index in [9.17, 15) is 27.7 Å². The summed E-state index contributed by atoms with van der Waals surface area (Å²) in [5.74, 6) is -4.29. The Hall–Kier alpha value is -0.840. The molecular formula is C6H10NO7S2-. The van der Waals surface area contributed by atoms with Crippen LogP contribution in [-0.2, 0) is 19.7 Å². The summed E-state index contributed by atoms with van der Waals surface area (Å²) in [5, 5.41) is 17.3. The maximum Gasteiger partial charge on any atom is 0.317 e. The summed E-state index contributed by atoms with van der Waals surface area (Å²) in [6.07, 6.45) is 0. The van der Waals surface area contributed by atoms with Gasteiger partial charge in [-0.15, -0.1) is 11.8 Å². The van der Waals surface area contributed by atoms with E-state index >= 15 is 0 Å². The summed E-state index contributed by atoms with van der Waals surface area (Å²) in [6.45, 7) is 0. The standard InChI is InChI=1S/C6H11NO7S2/c7-3(5(8)9)1-15-4(6(10)11)2-16(12,13)14/h3-4H,1-2,7H2,(H,8,9)(H,10,11)(H,12,13,14)/p-1/t3-,4?/m0/s1. The first kappa shape index (κ1) is 15.2. The van der Waals surface area contributed by atoms with Crippen LogP contribution in [0, 0.1) is 0 Å². The van der Waals surface area contributed by atoms with E-state index in [1.54, 1.807) is 0 Å². The molecule has 1 unspecified atom stereocenters. The average molecular weight is 272 g/mol. The minimum Gasteiger partial charge on any atom is -0.748 e. The van der Waals surface area contributed by atoms with E-state index in [1.807, 2.05) is 0 Å². The average Bonchev–Trinajstić information content (AvgIpc) is 2.09. The summed E-state index contributed by atoms with van der Waals surface area (Å²) < 4.78 is 31.0.